The molecule has 0 unspecified atom stereocenters. The summed E-state index contributed by atoms with van der Waals surface area (Å²) in [6.07, 6.45) is 7.72. The Morgan fingerprint density at radius 2 is 2.00 bits per heavy atom. The van der Waals surface area contributed by atoms with Gasteiger partial charge in [0.2, 0.25) is 0 Å². The maximum Gasteiger partial charge on any atom is 0.265 e. The molecule has 0 atom stereocenters. The number of unbranched alkanes of at least 4 members (excludes halogenated alkanes) is 1. The third-order valence-electron chi connectivity index (χ3n) is 5.64. The number of carbonyl (C=O) groups excluding carboxylic acids is 1. The van der Waals surface area contributed by atoms with Gasteiger partial charge in [-0.25, -0.2) is 0 Å². The Kier molecular flexibility index (Phi) is 6.78. The van der Waals surface area contributed by atoms with Crippen molar-refractivity contribution in [1.82, 2.24) is 4.90 Å². The van der Waals surface area contributed by atoms with E-state index in [1.807, 2.05) is 23.1 Å². The number of hydrogen-bond donors (Lipinski definition) is 0. The zero-order chi connectivity index (χ0) is 18.4. The van der Waals surface area contributed by atoms with Crippen LogP contribution < -0.4 is 14.4 Å². The predicted molar refractivity (Wildman–Crippen MR) is 104 cm³/mol. The number of anilines is 1. The standard InChI is InChI=1S/C21H32N2O3/c1-3-4-6-17-9-13-22(14-10-17)11-5-12-23-19-15-18(25-2)7-8-20(19)26-16-21(23)24/h7-8,15,17H,3-6,9-14,16H2,1-2H3. The molecule has 26 heavy (non-hydrogen) atoms. The molecule has 2 aliphatic rings. The summed E-state index contributed by atoms with van der Waals surface area (Å²) in [6, 6.07) is 5.65. The second kappa shape index (κ2) is 9.26. The topological polar surface area (TPSA) is 42.0 Å². The van der Waals surface area contributed by atoms with Crippen LogP contribution in [0, 0.1) is 5.92 Å². The van der Waals surface area contributed by atoms with E-state index in [4.69, 9.17) is 9.47 Å². The number of nitrogens with zero attached hydrogens (tertiary/aromatic N) is 2. The van der Waals surface area contributed by atoms with E-state index in [1.54, 1.807) is 7.11 Å². The zero-order valence-corrected chi connectivity index (χ0v) is 16.2. The Bertz CT molecular complexity index is 597. The normalized spacial score (nSPS) is 18.5. The van der Waals surface area contributed by atoms with Gasteiger partial charge >= 0.3 is 0 Å². The number of likely N-dealkylation sites (tertiary alicyclic amines) is 1. The SMILES string of the molecule is CCCCC1CCN(CCCN2C(=O)COc3ccc(OC)cc32)CC1. The summed E-state index contributed by atoms with van der Waals surface area (Å²) in [6.45, 7) is 6.60. The second-order valence-corrected chi connectivity index (χ2v) is 7.45. The molecule has 0 saturated carbocycles. The van der Waals surface area contributed by atoms with Gasteiger partial charge in [-0.05, 0) is 56.9 Å². The molecule has 144 valence electrons. The van der Waals surface area contributed by atoms with Crippen molar-refractivity contribution in [2.45, 2.75) is 45.4 Å². The maximum atomic E-state index is 12.3. The number of methoxy groups -OCH3 is 1. The Morgan fingerprint density at radius 3 is 2.73 bits per heavy atom. The van der Waals surface area contributed by atoms with Gasteiger partial charge in [-0.1, -0.05) is 26.2 Å². The molecular weight excluding hydrogens is 328 g/mol. The van der Waals surface area contributed by atoms with E-state index in [0.29, 0.717) is 0 Å². The zero-order valence-electron chi connectivity index (χ0n) is 16.2. The first-order valence-electron chi connectivity index (χ1n) is 10.0. The number of fused-ring (bicyclic) bond motifs is 1. The highest BCUT2D eigenvalue weighted by Crippen LogP contribution is 2.35. The molecular formula is C21H32N2O3. The monoisotopic (exact) mass is 360 g/mol. The van der Waals surface area contributed by atoms with Crippen LogP contribution in [0.25, 0.3) is 0 Å². The highest BCUT2D eigenvalue weighted by atomic mass is 16.5. The molecule has 0 N–H and O–H groups in total. The summed E-state index contributed by atoms with van der Waals surface area (Å²) in [5.74, 6) is 2.47. The second-order valence-electron chi connectivity index (χ2n) is 7.45. The molecule has 0 bridgehead atoms. The first kappa shape index (κ1) is 19.0. The molecule has 5 nitrogen and oxygen atoms in total. The van der Waals surface area contributed by atoms with Gasteiger partial charge in [0.1, 0.15) is 11.5 Å². The van der Waals surface area contributed by atoms with E-state index in [-0.39, 0.29) is 12.5 Å². The molecule has 0 aromatic heterocycles. The van der Waals surface area contributed by atoms with Crippen LogP contribution >= 0.6 is 0 Å². The molecule has 1 amide bonds. The minimum atomic E-state index is 0.0315. The van der Waals surface area contributed by atoms with Gasteiger partial charge < -0.3 is 19.3 Å². The highest BCUT2D eigenvalue weighted by Gasteiger charge is 2.26. The van der Waals surface area contributed by atoms with Crippen molar-refractivity contribution < 1.29 is 14.3 Å². The van der Waals surface area contributed by atoms with Crippen LogP contribution in [0.2, 0.25) is 0 Å². The third-order valence-corrected chi connectivity index (χ3v) is 5.64. The Morgan fingerprint density at radius 1 is 1.19 bits per heavy atom. The first-order valence-corrected chi connectivity index (χ1v) is 10.0. The maximum absolute atomic E-state index is 12.3. The molecule has 1 aromatic rings. The summed E-state index contributed by atoms with van der Waals surface area (Å²) in [5, 5.41) is 0. The summed E-state index contributed by atoms with van der Waals surface area (Å²) in [7, 11) is 1.64. The molecule has 0 radical (unpaired) electrons. The molecule has 2 aliphatic heterocycles. The minimum Gasteiger partial charge on any atom is -0.497 e. The molecule has 0 aliphatic carbocycles. The summed E-state index contributed by atoms with van der Waals surface area (Å²) >= 11 is 0. The predicted octanol–water partition coefficient (Wildman–Crippen LogP) is 3.71. The van der Waals surface area contributed by atoms with Gasteiger partial charge in [0.25, 0.3) is 5.91 Å². The van der Waals surface area contributed by atoms with Crippen molar-refractivity contribution in [3.05, 3.63) is 18.2 Å². The number of hydrogen-bond acceptors (Lipinski definition) is 4. The summed E-state index contributed by atoms with van der Waals surface area (Å²) < 4.78 is 10.8. The Labute approximate surface area is 157 Å². The lowest BCUT2D eigenvalue weighted by atomic mass is 9.91. The van der Waals surface area contributed by atoms with E-state index in [1.165, 1.54) is 45.2 Å². The largest absolute Gasteiger partial charge is 0.497 e. The van der Waals surface area contributed by atoms with Crippen molar-refractivity contribution in [3.63, 3.8) is 0 Å². The van der Waals surface area contributed by atoms with Crippen LogP contribution in [-0.2, 0) is 4.79 Å². The summed E-state index contributed by atoms with van der Waals surface area (Å²) in [5.41, 5.74) is 0.832. The molecule has 2 heterocycles. The van der Waals surface area contributed by atoms with E-state index in [0.717, 1.165) is 42.6 Å². The van der Waals surface area contributed by atoms with Crippen molar-refractivity contribution in [1.29, 1.82) is 0 Å². The van der Waals surface area contributed by atoms with Crippen molar-refractivity contribution in [2.75, 3.05) is 44.8 Å². The Balaban J connectivity index is 1.49. The third kappa shape index (κ3) is 4.70. The van der Waals surface area contributed by atoms with Crippen molar-refractivity contribution in [2.24, 2.45) is 5.92 Å². The van der Waals surface area contributed by atoms with Gasteiger partial charge in [0.05, 0.1) is 12.8 Å². The fourth-order valence-corrected chi connectivity index (χ4v) is 4.00. The molecule has 1 aromatic carbocycles. The van der Waals surface area contributed by atoms with Crippen LogP contribution in [0.15, 0.2) is 18.2 Å². The lowest BCUT2D eigenvalue weighted by Crippen LogP contribution is -2.41. The molecule has 1 saturated heterocycles. The average Bonchev–Trinajstić information content (AvgIpc) is 2.68. The molecule has 0 spiro atoms. The number of amides is 1. The molecule has 1 fully saturated rings. The van der Waals surface area contributed by atoms with E-state index < -0.39 is 0 Å². The van der Waals surface area contributed by atoms with Gasteiger partial charge in [-0.2, -0.15) is 0 Å². The smallest absolute Gasteiger partial charge is 0.265 e. The minimum absolute atomic E-state index is 0.0315. The lowest BCUT2D eigenvalue weighted by Gasteiger charge is -2.33. The lowest BCUT2D eigenvalue weighted by molar-refractivity contribution is -0.121. The van der Waals surface area contributed by atoms with Gasteiger partial charge in [-0.3, -0.25) is 4.79 Å². The molecule has 5 heteroatoms. The fraction of sp³-hybridized carbons (Fsp3) is 0.667. The fourth-order valence-electron chi connectivity index (χ4n) is 4.00. The number of piperidine rings is 1. The van der Waals surface area contributed by atoms with E-state index >= 15 is 0 Å². The number of benzene rings is 1. The Hall–Kier alpha value is -1.75. The van der Waals surface area contributed by atoms with Crippen LogP contribution in [0.5, 0.6) is 11.5 Å². The van der Waals surface area contributed by atoms with Gasteiger partial charge in [0.15, 0.2) is 6.61 Å². The van der Waals surface area contributed by atoms with Crippen LogP contribution in [-0.4, -0.2) is 50.7 Å². The number of rotatable bonds is 8. The average molecular weight is 360 g/mol. The van der Waals surface area contributed by atoms with E-state index in [2.05, 4.69) is 11.8 Å². The van der Waals surface area contributed by atoms with Crippen LogP contribution in [0.1, 0.15) is 45.4 Å². The van der Waals surface area contributed by atoms with Crippen LogP contribution in [0.4, 0.5) is 5.69 Å². The van der Waals surface area contributed by atoms with E-state index in [9.17, 15) is 4.79 Å². The highest BCUT2D eigenvalue weighted by molar-refractivity contribution is 5.98. The van der Waals surface area contributed by atoms with Gasteiger partial charge in [0, 0.05) is 12.6 Å². The summed E-state index contributed by atoms with van der Waals surface area (Å²) in [4.78, 5) is 16.7. The van der Waals surface area contributed by atoms with Gasteiger partial charge in [-0.15, -0.1) is 0 Å². The van der Waals surface area contributed by atoms with Crippen molar-refractivity contribution >= 4 is 11.6 Å². The van der Waals surface area contributed by atoms with Crippen molar-refractivity contribution in [3.8, 4) is 11.5 Å². The number of carbonyl (C=O) groups is 1. The number of ether oxygens (including phenoxy) is 2. The van der Waals surface area contributed by atoms with Crippen LogP contribution in [0.3, 0.4) is 0 Å². The quantitative estimate of drug-likeness (QED) is 0.709. The first-order chi connectivity index (χ1) is 12.7. The molecule has 3 rings (SSSR count).